The molecule has 2 N–H and O–H groups in total. The number of allylic oxidation sites excluding steroid dienone is 3. The van der Waals surface area contributed by atoms with E-state index < -0.39 is 11.9 Å². The highest BCUT2D eigenvalue weighted by Gasteiger charge is 2.42. The Morgan fingerprint density at radius 3 is 2.41 bits per heavy atom. The molecule has 0 bridgehead atoms. The second kappa shape index (κ2) is 11.4. The van der Waals surface area contributed by atoms with Gasteiger partial charge in [-0.15, -0.1) is 0 Å². The number of ketones is 1. The molecule has 1 heterocycles. The van der Waals surface area contributed by atoms with Crippen molar-refractivity contribution in [3.8, 4) is 11.5 Å². The normalized spacial score (nSPS) is 18.9. The van der Waals surface area contributed by atoms with Crippen molar-refractivity contribution in [2.24, 2.45) is 0 Å². The molecule has 2 aliphatic rings. The van der Waals surface area contributed by atoms with Crippen LogP contribution in [0.2, 0.25) is 5.02 Å². The third-order valence-electron chi connectivity index (χ3n) is 7.39. The number of phenols is 1. The van der Waals surface area contributed by atoms with Crippen LogP contribution in [0.25, 0.3) is 0 Å². The second-order valence-electron chi connectivity index (χ2n) is 9.85. The Hall–Kier alpha value is -4.03. The van der Waals surface area contributed by atoms with Gasteiger partial charge in [-0.25, -0.2) is 4.79 Å². The molecule has 0 saturated heterocycles. The van der Waals surface area contributed by atoms with Gasteiger partial charge in [0.25, 0.3) is 0 Å². The van der Waals surface area contributed by atoms with Crippen molar-refractivity contribution in [2.45, 2.75) is 38.0 Å². The van der Waals surface area contributed by atoms with Gasteiger partial charge in [0.1, 0.15) is 0 Å². The third-order valence-corrected chi connectivity index (χ3v) is 7.68. The number of methoxy groups -OCH3 is 1. The zero-order valence-electron chi connectivity index (χ0n) is 21.9. The molecule has 39 heavy (non-hydrogen) atoms. The lowest BCUT2D eigenvalue weighted by molar-refractivity contribution is -0.139. The molecule has 6 nitrogen and oxygen atoms in total. The smallest absolute Gasteiger partial charge is 0.336 e. The van der Waals surface area contributed by atoms with E-state index in [0.29, 0.717) is 41.7 Å². The number of nitrogens with one attached hydrogen (secondary N) is 1. The van der Waals surface area contributed by atoms with Crippen molar-refractivity contribution in [2.75, 3.05) is 13.7 Å². The molecule has 0 spiro atoms. The van der Waals surface area contributed by atoms with Crippen molar-refractivity contribution in [3.63, 3.8) is 0 Å². The fourth-order valence-corrected chi connectivity index (χ4v) is 5.72. The molecular weight excluding hydrogens is 514 g/mol. The molecule has 3 aromatic carbocycles. The van der Waals surface area contributed by atoms with E-state index in [9.17, 15) is 14.7 Å². The van der Waals surface area contributed by atoms with Gasteiger partial charge in [0.05, 0.1) is 24.3 Å². The Kier molecular flexibility index (Phi) is 7.75. The number of carbonyl (C=O) groups is 2. The molecular formula is C32H30ClNO5. The Morgan fingerprint density at radius 2 is 1.72 bits per heavy atom. The fourth-order valence-electron chi connectivity index (χ4n) is 5.50. The topological polar surface area (TPSA) is 84.9 Å². The van der Waals surface area contributed by atoms with Gasteiger partial charge in [-0.1, -0.05) is 72.3 Å². The number of dihydropyridines is 1. The van der Waals surface area contributed by atoms with Gasteiger partial charge in [-0.2, -0.15) is 0 Å². The van der Waals surface area contributed by atoms with E-state index in [0.717, 1.165) is 16.8 Å². The maximum Gasteiger partial charge on any atom is 0.336 e. The standard InChI is InChI=1S/C32H30ClNO5/c1-19-28(32(37)39-14-13-20-9-5-3-6-10-20)29(23-15-24(33)31(36)27(18-23)38-2)30-25(34-19)16-22(17-26(30)35)21-11-7-4-8-12-21/h3-12,15,18,22,29,34,36H,13-14,16-17H2,1-2H3. The lowest BCUT2D eigenvalue weighted by Gasteiger charge is -2.37. The minimum Gasteiger partial charge on any atom is -0.503 e. The van der Waals surface area contributed by atoms with Gasteiger partial charge in [-0.3, -0.25) is 4.79 Å². The van der Waals surface area contributed by atoms with Crippen molar-refractivity contribution in [3.05, 3.63) is 117 Å². The van der Waals surface area contributed by atoms with Crippen LogP contribution in [0.15, 0.2) is 95.3 Å². The van der Waals surface area contributed by atoms with Crippen LogP contribution < -0.4 is 10.1 Å². The fraction of sp³-hybridized carbons (Fsp3) is 0.250. The second-order valence-corrected chi connectivity index (χ2v) is 10.3. The predicted molar refractivity (Wildman–Crippen MR) is 150 cm³/mol. The first-order chi connectivity index (χ1) is 18.9. The summed E-state index contributed by atoms with van der Waals surface area (Å²) in [6.07, 6.45) is 1.51. The SMILES string of the molecule is COc1cc(C2C(C(=O)OCCc3ccccc3)=C(C)NC3=C2C(=O)CC(c2ccccc2)C3)cc(Cl)c1O. The lowest BCUT2D eigenvalue weighted by atomic mass is 9.71. The summed E-state index contributed by atoms with van der Waals surface area (Å²) in [5.74, 6) is -1.28. The average molecular weight is 544 g/mol. The number of aromatic hydroxyl groups is 1. The first-order valence-corrected chi connectivity index (χ1v) is 13.3. The van der Waals surface area contributed by atoms with Crippen LogP contribution in [0.5, 0.6) is 11.5 Å². The van der Waals surface area contributed by atoms with Crippen molar-refractivity contribution in [1.29, 1.82) is 0 Å². The number of Topliss-reactive ketones (excluding diaryl/α,β-unsaturated/α-hetero) is 1. The summed E-state index contributed by atoms with van der Waals surface area (Å²) < 4.78 is 11.1. The number of rotatable bonds is 7. The highest BCUT2D eigenvalue weighted by Crippen LogP contribution is 2.48. The molecule has 1 aliphatic carbocycles. The number of carbonyl (C=O) groups excluding carboxylic acids is 2. The number of benzene rings is 3. The van der Waals surface area contributed by atoms with Crippen molar-refractivity contribution >= 4 is 23.4 Å². The summed E-state index contributed by atoms with van der Waals surface area (Å²) >= 11 is 6.37. The summed E-state index contributed by atoms with van der Waals surface area (Å²) in [4.78, 5) is 27.4. The molecule has 0 amide bonds. The summed E-state index contributed by atoms with van der Waals surface area (Å²) in [6, 6.07) is 23.0. The Bertz CT molecular complexity index is 1460. The highest BCUT2D eigenvalue weighted by atomic mass is 35.5. The molecule has 0 saturated carbocycles. The first kappa shape index (κ1) is 26.6. The molecule has 200 valence electrons. The van der Waals surface area contributed by atoms with Crippen LogP contribution in [0.3, 0.4) is 0 Å². The first-order valence-electron chi connectivity index (χ1n) is 12.9. The Balaban J connectivity index is 1.52. The van der Waals surface area contributed by atoms with E-state index in [2.05, 4.69) is 5.32 Å². The molecule has 1 aliphatic heterocycles. The van der Waals surface area contributed by atoms with Crippen LogP contribution in [-0.2, 0) is 20.7 Å². The van der Waals surface area contributed by atoms with E-state index in [4.69, 9.17) is 21.1 Å². The molecule has 0 aromatic heterocycles. The van der Waals surface area contributed by atoms with Gasteiger partial charge >= 0.3 is 5.97 Å². The minimum atomic E-state index is -0.721. The van der Waals surface area contributed by atoms with Gasteiger partial charge < -0.3 is 19.9 Å². The monoisotopic (exact) mass is 543 g/mol. The molecule has 2 atom stereocenters. The van der Waals surface area contributed by atoms with Gasteiger partial charge in [0, 0.05) is 35.7 Å². The predicted octanol–water partition coefficient (Wildman–Crippen LogP) is 6.20. The molecule has 5 rings (SSSR count). The van der Waals surface area contributed by atoms with E-state index in [1.165, 1.54) is 7.11 Å². The quantitative estimate of drug-likeness (QED) is 0.345. The summed E-state index contributed by atoms with van der Waals surface area (Å²) in [5.41, 5.74) is 5.00. The van der Waals surface area contributed by atoms with Crippen LogP contribution in [-0.4, -0.2) is 30.6 Å². The Morgan fingerprint density at radius 1 is 1.03 bits per heavy atom. The van der Waals surface area contributed by atoms with E-state index in [1.54, 1.807) is 12.1 Å². The molecule has 0 fully saturated rings. The summed E-state index contributed by atoms with van der Waals surface area (Å²) in [6.45, 7) is 2.02. The zero-order chi connectivity index (χ0) is 27.5. The van der Waals surface area contributed by atoms with Crippen LogP contribution >= 0.6 is 11.6 Å². The van der Waals surface area contributed by atoms with E-state index >= 15 is 0 Å². The van der Waals surface area contributed by atoms with Crippen molar-refractivity contribution < 1.29 is 24.2 Å². The summed E-state index contributed by atoms with van der Waals surface area (Å²) in [5, 5.41) is 13.8. The highest BCUT2D eigenvalue weighted by molar-refractivity contribution is 6.32. The number of esters is 1. The number of hydrogen-bond donors (Lipinski definition) is 2. The van der Waals surface area contributed by atoms with E-state index in [-0.39, 0.29) is 34.8 Å². The van der Waals surface area contributed by atoms with Crippen LogP contribution in [0, 0.1) is 0 Å². The minimum absolute atomic E-state index is 0.0238. The van der Waals surface area contributed by atoms with Crippen molar-refractivity contribution in [1.82, 2.24) is 5.32 Å². The third kappa shape index (κ3) is 5.43. The zero-order valence-corrected chi connectivity index (χ0v) is 22.6. The number of hydrogen-bond acceptors (Lipinski definition) is 6. The van der Waals surface area contributed by atoms with Gasteiger partial charge in [-0.05, 0) is 48.1 Å². The molecule has 2 unspecified atom stereocenters. The maximum absolute atomic E-state index is 13.8. The lowest BCUT2D eigenvalue weighted by Crippen LogP contribution is -2.36. The summed E-state index contributed by atoms with van der Waals surface area (Å²) in [7, 11) is 1.43. The molecule has 0 radical (unpaired) electrons. The van der Waals surface area contributed by atoms with Crippen LogP contribution in [0.4, 0.5) is 0 Å². The average Bonchev–Trinajstić information content (AvgIpc) is 2.94. The molecule has 7 heteroatoms. The Labute approximate surface area is 232 Å². The maximum atomic E-state index is 13.8. The largest absolute Gasteiger partial charge is 0.503 e. The number of halogens is 1. The number of phenolic OH excluding ortho intramolecular Hbond substituents is 1. The number of ether oxygens (including phenoxy) is 2. The van der Waals surface area contributed by atoms with Gasteiger partial charge in [0.15, 0.2) is 17.3 Å². The van der Waals surface area contributed by atoms with E-state index in [1.807, 2.05) is 67.6 Å². The van der Waals surface area contributed by atoms with Crippen LogP contribution in [0.1, 0.15) is 48.3 Å². The molecule has 3 aromatic rings. The van der Waals surface area contributed by atoms with Gasteiger partial charge in [0.2, 0.25) is 0 Å².